The Morgan fingerprint density at radius 1 is 1.40 bits per heavy atom. The molecular weight excluding hydrogens is 292 g/mol. The minimum atomic E-state index is -0.00548. The Bertz CT molecular complexity index is 513. The number of halogens is 1. The van der Waals surface area contributed by atoms with Crippen LogP contribution < -0.4 is 10.6 Å². The van der Waals surface area contributed by atoms with E-state index in [0.29, 0.717) is 22.5 Å². The number of hydrogen-bond acceptors (Lipinski definition) is 2. The van der Waals surface area contributed by atoms with Gasteiger partial charge in [-0.25, -0.2) is 0 Å². The SMILES string of the molecule is Cc1ccc(Cl)cc1NC(=S)NC(=O)CC1CCCC1. The van der Waals surface area contributed by atoms with E-state index in [0.717, 1.165) is 24.1 Å². The summed E-state index contributed by atoms with van der Waals surface area (Å²) in [5.74, 6) is 0.514. The molecule has 3 nitrogen and oxygen atoms in total. The first kappa shape index (κ1) is 15.3. The van der Waals surface area contributed by atoms with Crippen LogP contribution in [0.4, 0.5) is 5.69 Å². The van der Waals surface area contributed by atoms with Crippen molar-refractivity contribution in [3.8, 4) is 0 Å². The van der Waals surface area contributed by atoms with Crippen LogP contribution in [0.15, 0.2) is 18.2 Å². The third kappa shape index (κ3) is 4.46. The quantitative estimate of drug-likeness (QED) is 0.828. The molecule has 1 aromatic rings. The number of carbonyl (C=O) groups is 1. The minimum absolute atomic E-state index is 0.00548. The number of rotatable bonds is 3. The van der Waals surface area contributed by atoms with E-state index in [-0.39, 0.29) is 5.91 Å². The van der Waals surface area contributed by atoms with Gasteiger partial charge in [0, 0.05) is 17.1 Å². The van der Waals surface area contributed by atoms with Crippen LogP contribution in [-0.4, -0.2) is 11.0 Å². The van der Waals surface area contributed by atoms with Crippen molar-refractivity contribution < 1.29 is 4.79 Å². The first-order valence-corrected chi connectivity index (χ1v) is 7.70. The molecule has 0 spiro atoms. The summed E-state index contributed by atoms with van der Waals surface area (Å²) < 4.78 is 0. The van der Waals surface area contributed by atoms with Gasteiger partial charge in [0.2, 0.25) is 5.91 Å². The molecule has 0 heterocycles. The van der Waals surface area contributed by atoms with E-state index in [1.807, 2.05) is 19.1 Å². The summed E-state index contributed by atoms with van der Waals surface area (Å²) >= 11 is 11.1. The summed E-state index contributed by atoms with van der Waals surface area (Å²) in [6, 6.07) is 5.53. The van der Waals surface area contributed by atoms with E-state index < -0.39 is 0 Å². The predicted molar refractivity (Wildman–Crippen MR) is 87.1 cm³/mol. The molecule has 1 aromatic carbocycles. The molecule has 20 heavy (non-hydrogen) atoms. The molecule has 0 unspecified atom stereocenters. The highest BCUT2D eigenvalue weighted by Gasteiger charge is 2.18. The zero-order valence-electron chi connectivity index (χ0n) is 11.5. The molecule has 0 radical (unpaired) electrons. The molecule has 1 aliphatic rings. The zero-order valence-corrected chi connectivity index (χ0v) is 13.1. The fourth-order valence-electron chi connectivity index (χ4n) is 2.54. The van der Waals surface area contributed by atoms with E-state index in [9.17, 15) is 4.79 Å². The third-order valence-electron chi connectivity index (χ3n) is 3.65. The monoisotopic (exact) mass is 310 g/mol. The Labute approximate surface area is 130 Å². The lowest BCUT2D eigenvalue weighted by molar-refractivity contribution is -0.120. The number of thiocarbonyl (C=S) groups is 1. The van der Waals surface area contributed by atoms with Crippen molar-refractivity contribution in [1.82, 2.24) is 5.32 Å². The van der Waals surface area contributed by atoms with Crippen molar-refractivity contribution >= 4 is 40.5 Å². The van der Waals surface area contributed by atoms with Gasteiger partial charge in [-0.3, -0.25) is 4.79 Å². The molecule has 1 aliphatic carbocycles. The second-order valence-corrected chi connectivity index (χ2v) is 6.16. The number of hydrogen-bond donors (Lipinski definition) is 2. The van der Waals surface area contributed by atoms with E-state index in [1.54, 1.807) is 6.07 Å². The van der Waals surface area contributed by atoms with Crippen LogP contribution in [0, 0.1) is 12.8 Å². The largest absolute Gasteiger partial charge is 0.332 e. The molecule has 0 aromatic heterocycles. The fourth-order valence-corrected chi connectivity index (χ4v) is 2.93. The molecule has 5 heteroatoms. The molecular formula is C15H19ClN2OS. The molecule has 0 aliphatic heterocycles. The average Bonchev–Trinajstić information content (AvgIpc) is 2.86. The van der Waals surface area contributed by atoms with Crippen LogP contribution in [0.25, 0.3) is 0 Å². The Morgan fingerprint density at radius 2 is 2.10 bits per heavy atom. The van der Waals surface area contributed by atoms with Crippen molar-refractivity contribution in [1.29, 1.82) is 0 Å². The molecule has 0 bridgehead atoms. The second-order valence-electron chi connectivity index (χ2n) is 5.32. The molecule has 1 fully saturated rings. The topological polar surface area (TPSA) is 41.1 Å². The number of aryl methyl sites for hydroxylation is 1. The lowest BCUT2D eigenvalue weighted by Gasteiger charge is -2.13. The lowest BCUT2D eigenvalue weighted by Crippen LogP contribution is -2.35. The normalized spacial score (nSPS) is 15.1. The molecule has 1 amide bonds. The highest BCUT2D eigenvalue weighted by Crippen LogP contribution is 2.27. The smallest absolute Gasteiger partial charge is 0.226 e. The first-order valence-electron chi connectivity index (χ1n) is 6.91. The Kier molecular flexibility index (Phi) is 5.38. The van der Waals surface area contributed by atoms with Crippen molar-refractivity contribution in [3.63, 3.8) is 0 Å². The maximum absolute atomic E-state index is 11.9. The van der Waals surface area contributed by atoms with Crippen molar-refractivity contribution in [2.45, 2.75) is 39.0 Å². The number of nitrogens with one attached hydrogen (secondary N) is 2. The highest BCUT2D eigenvalue weighted by atomic mass is 35.5. The van der Waals surface area contributed by atoms with Crippen LogP contribution in [-0.2, 0) is 4.79 Å². The summed E-state index contributed by atoms with van der Waals surface area (Å²) in [7, 11) is 0. The van der Waals surface area contributed by atoms with Crippen LogP contribution in [0.2, 0.25) is 5.02 Å². The summed E-state index contributed by atoms with van der Waals surface area (Å²) in [4.78, 5) is 11.9. The summed E-state index contributed by atoms with van der Waals surface area (Å²) in [6.45, 7) is 1.96. The van der Waals surface area contributed by atoms with Gasteiger partial charge in [0.25, 0.3) is 0 Å². The summed E-state index contributed by atoms with van der Waals surface area (Å²) in [5, 5.41) is 6.73. The van der Waals surface area contributed by atoms with Gasteiger partial charge in [-0.05, 0) is 55.6 Å². The van der Waals surface area contributed by atoms with Crippen LogP contribution in [0.1, 0.15) is 37.7 Å². The van der Waals surface area contributed by atoms with Crippen molar-refractivity contribution in [3.05, 3.63) is 28.8 Å². The molecule has 2 rings (SSSR count). The summed E-state index contributed by atoms with van der Waals surface area (Å²) in [6.07, 6.45) is 5.35. The second kappa shape index (κ2) is 7.04. The fraction of sp³-hybridized carbons (Fsp3) is 0.467. The maximum atomic E-state index is 11.9. The first-order chi connectivity index (χ1) is 9.54. The van der Waals surface area contributed by atoms with Crippen molar-refractivity contribution in [2.24, 2.45) is 5.92 Å². The van der Waals surface area contributed by atoms with Gasteiger partial charge < -0.3 is 10.6 Å². The van der Waals surface area contributed by atoms with Gasteiger partial charge >= 0.3 is 0 Å². The van der Waals surface area contributed by atoms with Crippen molar-refractivity contribution in [2.75, 3.05) is 5.32 Å². The van der Waals surface area contributed by atoms with Gasteiger partial charge in [0.1, 0.15) is 0 Å². The standard InChI is InChI=1S/C15H19ClN2OS/c1-10-6-7-12(16)9-13(10)17-15(20)18-14(19)8-11-4-2-3-5-11/h6-7,9,11H,2-5,8H2,1H3,(H2,17,18,19,20). The van der Waals surface area contributed by atoms with Gasteiger partial charge in [-0.15, -0.1) is 0 Å². The molecule has 0 atom stereocenters. The lowest BCUT2D eigenvalue weighted by atomic mass is 10.0. The highest BCUT2D eigenvalue weighted by molar-refractivity contribution is 7.80. The molecule has 108 valence electrons. The average molecular weight is 311 g/mol. The number of amides is 1. The van der Waals surface area contributed by atoms with Gasteiger partial charge in [-0.2, -0.15) is 0 Å². The molecule has 2 N–H and O–H groups in total. The summed E-state index contributed by atoms with van der Waals surface area (Å²) in [5.41, 5.74) is 1.85. The van der Waals surface area contributed by atoms with Crippen LogP contribution in [0.5, 0.6) is 0 Å². The molecule has 0 saturated heterocycles. The number of benzene rings is 1. The zero-order chi connectivity index (χ0) is 14.5. The number of carbonyl (C=O) groups excluding carboxylic acids is 1. The minimum Gasteiger partial charge on any atom is -0.332 e. The molecule has 1 saturated carbocycles. The van der Waals surface area contributed by atoms with E-state index >= 15 is 0 Å². The Morgan fingerprint density at radius 3 is 2.80 bits per heavy atom. The third-order valence-corrected chi connectivity index (χ3v) is 4.09. The van der Waals surface area contributed by atoms with Crippen LogP contribution >= 0.6 is 23.8 Å². The predicted octanol–water partition coefficient (Wildman–Crippen LogP) is 4.04. The van der Waals surface area contributed by atoms with Gasteiger partial charge in [-0.1, -0.05) is 30.5 Å². The van der Waals surface area contributed by atoms with Gasteiger partial charge in [0.05, 0.1) is 0 Å². The number of anilines is 1. The van der Waals surface area contributed by atoms with E-state index in [1.165, 1.54) is 12.8 Å². The van der Waals surface area contributed by atoms with E-state index in [2.05, 4.69) is 10.6 Å². The Hall–Kier alpha value is -1.13. The van der Waals surface area contributed by atoms with Gasteiger partial charge in [0.15, 0.2) is 5.11 Å². The maximum Gasteiger partial charge on any atom is 0.226 e. The van der Waals surface area contributed by atoms with Crippen LogP contribution in [0.3, 0.4) is 0 Å². The Balaban J connectivity index is 1.85. The van der Waals surface area contributed by atoms with E-state index in [4.69, 9.17) is 23.8 Å².